The van der Waals surface area contributed by atoms with Gasteiger partial charge in [0.1, 0.15) is 0 Å². The first-order valence-corrected chi connectivity index (χ1v) is 8.53. The number of aryl methyl sites for hydroxylation is 2. The summed E-state index contributed by atoms with van der Waals surface area (Å²) in [4.78, 5) is 14.3. The first-order valence-electron chi connectivity index (χ1n) is 8.53. The van der Waals surface area contributed by atoms with Crippen molar-refractivity contribution in [2.24, 2.45) is 0 Å². The highest BCUT2D eigenvalue weighted by molar-refractivity contribution is 5.92. The Balaban J connectivity index is 1.68. The number of amides is 1. The van der Waals surface area contributed by atoms with Gasteiger partial charge < -0.3 is 15.7 Å². The first kappa shape index (κ1) is 17.9. The maximum Gasteiger partial charge on any atom is 0.238 e. The van der Waals surface area contributed by atoms with Crippen LogP contribution in [0.1, 0.15) is 30.4 Å². The maximum absolute atomic E-state index is 12.0. The number of piperidine rings is 1. The molecule has 2 rings (SSSR count). The molecule has 1 fully saturated rings. The number of aliphatic hydroxyl groups excluding tert-OH is 1. The standard InChI is InChI=1S/C18H29N3O2/c1-14-6-7-17(15(2)11-14)20-18(23)12-19-8-10-21-9-4-3-5-16(21)13-22/h6-7,11,16,19,22H,3-5,8-10,12-13H2,1-2H3,(H,20,23)/t16-/m0/s1. The van der Waals surface area contributed by atoms with Gasteiger partial charge in [0.05, 0.1) is 13.2 Å². The largest absolute Gasteiger partial charge is 0.395 e. The molecular weight excluding hydrogens is 290 g/mol. The molecule has 5 heteroatoms. The highest BCUT2D eigenvalue weighted by Gasteiger charge is 2.20. The summed E-state index contributed by atoms with van der Waals surface area (Å²) in [5.41, 5.74) is 3.15. The van der Waals surface area contributed by atoms with Crippen LogP contribution in [0.15, 0.2) is 18.2 Å². The van der Waals surface area contributed by atoms with Crippen LogP contribution >= 0.6 is 0 Å². The Bertz CT molecular complexity index is 519. The predicted octanol–water partition coefficient (Wildman–Crippen LogP) is 1.68. The van der Waals surface area contributed by atoms with E-state index in [0.29, 0.717) is 6.54 Å². The number of rotatable bonds is 7. The zero-order valence-electron chi connectivity index (χ0n) is 14.3. The van der Waals surface area contributed by atoms with Crippen LogP contribution in [0.2, 0.25) is 0 Å². The third-order valence-electron chi connectivity index (χ3n) is 4.48. The normalized spacial score (nSPS) is 18.8. The average molecular weight is 319 g/mol. The number of carbonyl (C=O) groups is 1. The van der Waals surface area contributed by atoms with E-state index in [1.54, 1.807) is 0 Å². The molecule has 0 unspecified atom stereocenters. The maximum atomic E-state index is 12.0. The monoisotopic (exact) mass is 319 g/mol. The number of benzene rings is 1. The van der Waals surface area contributed by atoms with E-state index in [-0.39, 0.29) is 18.6 Å². The second-order valence-electron chi connectivity index (χ2n) is 6.41. The van der Waals surface area contributed by atoms with E-state index in [2.05, 4.69) is 21.6 Å². The highest BCUT2D eigenvalue weighted by Crippen LogP contribution is 2.16. The van der Waals surface area contributed by atoms with Crippen molar-refractivity contribution in [2.75, 3.05) is 38.1 Å². The van der Waals surface area contributed by atoms with Gasteiger partial charge in [-0.3, -0.25) is 9.69 Å². The Morgan fingerprint density at radius 2 is 2.17 bits per heavy atom. The average Bonchev–Trinajstić information content (AvgIpc) is 2.54. The molecule has 1 aromatic rings. The Kier molecular flexibility index (Phi) is 7.02. The zero-order chi connectivity index (χ0) is 16.7. The number of nitrogens with one attached hydrogen (secondary N) is 2. The number of likely N-dealkylation sites (tertiary alicyclic amines) is 1. The van der Waals surface area contributed by atoms with Gasteiger partial charge in [-0.1, -0.05) is 24.1 Å². The van der Waals surface area contributed by atoms with Crippen LogP contribution in [-0.4, -0.2) is 54.7 Å². The lowest BCUT2D eigenvalue weighted by atomic mass is 10.0. The molecule has 1 saturated heterocycles. The summed E-state index contributed by atoms with van der Waals surface area (Å²) < 4.78 is 0. The van der Waals surface area contributed by atoms with Gasteiger partial charge in [-0.2, -0.15) is 0 Å². The fourth-order valence-corrected chi connectivity index (χ4v) is 3.13. The van der Waals surface area contributed by atoms with Gasteiger partial charge in [0.15, 0.2) is 0 Å². The number of anilines is 1. The predicted molar refractivity (Wildman–Crippen MR) is 93.7 cm³/mol. The third kappa shape index (κ3) is 5.61. The quantitative estimate of drug-likeness (QED) is 0.669. The van der Waals surface area contributed by atoms with Crippen molar-refractivity contribution in [3.05, 3.63) is 29.3 Å². The first-order chi connectivity index (χ1) is 11.1. The van der Waals surface area contributed by atoms with Gasteiger partial charge in [-0.25, -0.2) is 0 Å². The van der Waals surface area contributed by atoms with Crippen molar-refractivity contribution < 1.29 is 9.90 Å². The second kappa shape index (κ2) is 9.01. The fraction of sp³-hybridized carbons (Fsp3) is 0.611. The van der Waals surface area contributed by atoms with E-state index in [4.69, 9.17) is 0 Å². The van der Waals surface area contributed by atoms with Crippen LogP contribution in [-0.2, 0) is 4.79 Å². The van der Waals surface area contributed by atoms with Crippen molar-refractivity contribution in [3.8, 4) is 0 Å². The minimum absolute atomic E-state index is 0.0192. The summed E-state index contributed by atoms with van der Waals surface area (Å²) in [6.45, 7) is 7.26. The topological polar surface area (TPSA) is 64.6 Å². The lowest BCUT2D eigenvalue weighted by Crippen LogP contribution is -2.45. The van der Waals surface area contributed by atoms with Crippen LogP contribution in [0.5, 0.6) is 0 Å². The molecule has 1 atom stereocenters. The summed E-state index contributed by atoms with van der Waals surface area (Å²) in [5, 5.41) is 15.5. The minimum atomic E-state index is -0.0192. The van der Waals surface area contributed by atoms with Gasteiger partial charge in [0, 0.05) is 24.8 Å². The smallest absolute Gasteiger partial charge is 0.238 e. The highest BCUT2D eigenvalue weighted by atomic mass is 16.3. The molecule has 1 aliphatic heterocycles. The SMILES string of the molecule is Cc1ccc(NC(=O)CNCCN2CCCC[C@H]2CO)c(C)c1. The molecule has 0 spiro atoms. The molecule has 0 aliphatic carbocycles. The van der Waals surface area contributed by atoms with Crippen LogP contribution in [0.3, 0.4) is 0 Å². The molecule has 1 aromatic carbocycles. The molecule has 0 radical (unpaired) electrons. The summed E-state index contributed by atoms with van der Waals surface area (Å²) >= 11 is 0. The molecule has 0 bridgehead atoms. The van der Waals surface area contributed by atoms with Crippen molar-refractivity contribution >= 4 is 11.6 Å². The van der Waals surface area contributed by atoms with E-state index < -0.39 is 0 Å². The van der Waals surface area contributed by atoms with Crippen LogP contribution in [0.25, 0.3) is 0 Å². The molecule has 128 valence electrons. The van der Waals surface area contributed by atoms with Gasteiger partial charge in [0.25, 0.3) is 0 Å². The van der Waals surface area contributed by atoms with Crippen LogP contribution in [0.4, 0.5) is 5.69 Å². The Morgan fingerprint density at radius 3 is 2.91 bits per heavy atom. The van der Waals surface area contributed by atoms with Gasteiger partial charge in [-0.15, -0.1) is 0 Å². The Labute approximate surface area is 139 Å². The van der Waals surface area contributed by atoms with Crippen molar-refractivity contribution in [1.82, 2.24) is 10.2 Å². The van der Waals surface area contributed by atoms with Crippen LogP contribution in [0, 0.1) is 13.8 Å². The van der Waals surface area contributed by atoms with Gasteiger partial charge in [-0.05, 0) is 44.9 Å². The lowest BCUT2D eigenvalue weighted by molar-refractivity contribution is -0.115. The number of hydrogen-bond donors (Lipinski definition) is 3. The molecule has 1 amide bonds. The molecule has 23 heavy (non-hydrogen) atoms. The second-order valence-corrected chi connectivity index (χ2v) is 6.41. The summed E-state index contributed by atoms with van der Waals surface area (Å²) in [7, 11) is 0. The number of nitrogens with zero attached hydrogens (tertiary/aromatic N) is 1. The number of hydrogen-bond acceptors (Lipinski definition) is 4. The van der Waals surface area contributed by atoms with E-state index in [1.807, 2.05) is 26.0 Å². The molecule has 5 nitrogen and oxygen atoms in total. The van der Waals surface area contributed by atoms with E-state index in [1.165, 1.54) is 18.4 Å². The number of carbonyl (C=O) groups excluding carboxylic acids is 1. The molecule has 0 aromatic heterocycles. The van der Waals surface area contributed by atoms with Crippen molar-refractivity contribution in [3.63, 3.8) is 0 Å². The third-order valence-corrected chi connectivity index (χ3v) is 4.48. The van der Waals surface area contributed by atoms with Crippen molar-refractivity contribution in [2.45, 2.75) is 39.2 Å². The molecule has 3 N–H and O–H groups in total. The fourth-order valence-electron chi connectivity index (χ4n) is 3.13. The van der Waals surface area contributed by atoms with E-state index in [9.17, 15) is 9.90 Å². The summed E-state index contributed by atoms with van der Waals surface area (Å²) in [5.74, 6) is -0.0192. The lowest BCUT2D eigenvalue weighted by Gasteiger charge is -2.34. The molecule has 0 saturated carbocycles. The molecule has 1 heterocycles. The van der Waals surface area contributed by atoms with E-state index >= 15 is 0 Å². The minimum Gasteiger partial charge on any atom is -0.395 e. The van der Waals surface area contributed by atoms with Gasteiger partial charge >= 0.3 is 0 Å². The summed E-state index contributed by atoms with van der Waals surface area (Å²) in [6, 6.07) is 6.30. The number of aliphatic hydroxyl groups is 1. The van der Waals surface area contributed by atoms with Gasteiger partial charge in [0.2, 0.25) is 5.91 Å². The summed E-state index contributed by atoms with van der Waals surface area (Å²) in [6.07, 6.45) is 3.47. The Hall–Kier alpha value is -1.43. The van der Waals surface area contributed by atoms with Crippen molar-refractivity contribution in [1.29, 1.82) is 0 Å². The Morgan fingerprint density at radius 1 is 1.35 bits per heavy atom. The van der Waals surface area contributed by atoms with E-state index in [0.717, 1.165) is 37.3 Å². The van der Waals surface area contributed by atoms with Crippen LogP contribution < -0.4 is 10.6 Å². The molecule has 1 aliphatic rings. The zero-order valence-corrected chi connectivity index (χ0v) is 14.3. The molecular formula is C18H29N3O2.